The van der Waals surface area contributed by atoms with Gasteiger partial charge >= 0.3 is 0 Å². The summed E-state index contributed by atoms with van der Waals surface area (Å²) >= 11 is 1.70. The van der Waals surface area contributed by atoms with E-state index in [1.165, 1.54) is 0 Å². The number of Topliss-reactive ketones (excluding diaryl/α,β-unsaturated/α-hetero) is 1. The Balaban J connectivity index is 2.54. The van der Waals surface area contributed by atoms with E-state index < -0.39 is 0 Å². The molecule has 64 valence electrons. The molecular weight excluding hydrogens is 168 g/mol. The lowest BCUT2D eigenvalue weighted by molar-refractivity contribution is 0.0989. The number of carbonyl (C=O) groups is 1. The molecular formula is C10H12OS. The molecule has 0 saturated heterocycles. The number of benzene rings is 1. The number of hydrogen-bond acceptors (Lipinski definition) is 2. The number of ketones is 1. The summed E-state index contributed by atoms with van der Waals surface area (Å²) in [6.45, 7) is 0. The van der Waals surface area contributed by atoms with Crippen molar-refractivity contribution in [2.45, 2.75) is 6.42 Å². The minimum atomic E-state index is 0.241. The summed E-state index contributed by atoms with van der Waals surface area (Å²) in [4.78, 5) is 11.4. The topological polar surface area (TPSA) is 17.1 Å². The number of hydrogen-bond donors (Lipinski definition) is 0. The second-order valence-electron chi connectivity index (χ2n) is 2.53. The van der Waals surface area contributed by atoms with Crippen LogP contribution in [0.3, 0.4) is 0 Å². The molecule has 0 aromatic heterocycles. The van der Waals surface area contributed by atoms with Crippen LogP contribution in [0.5, 0.6) is 0 Å². The van der Waals surface area contributed by atoms with Gasteiger partial charge in [-0.05, 0) is 6.26 Å². The molecule has 1 nitrogen and oxygen atoms in total. The van der Waals surface area contributed by atoms with Crippen molar-refractivity contribution in [3.8, 4) is 0 Å². The van der Waals surface area contributed by atoms with Gasteiger partial charge in [0.15, 0.2) is 5.78 Å². The van der Waals surface area contributed by atoms with E-state index in [0.717, 1.165) is 11.3 Å². The fraction of sp³-hybridized carbons (Fsp3) is 0.300. The van der Waals surface area contributed by atoms with Crippen molar-refractivity contribution >= 4 is 17.5 Å². The van der Waals surface area contributed by atoms with Crippen LogP contribution >= 0.6 is 11.8 Å². The van der Waals surface area contributed by atoms with Gasteiger partial charge in [-0.2, -0.15) is 11.8 Å². The van der Waals surface area contributed by atoms with Crippen molar-refractivity contribution in [2.75, 3.05) is 12.0 Å². The van der Waals surface area contributed by atoms with Crippen LogP contribution < -0.4 is 0 Å². The summed E-state index contributed by atoms with van der Waals surface area (Å²) in [6.07, 6.45) is 2.66. The summed E-state index contributed by atoms with van der Waals surface area (Å²) in [5, 5.41) is 0. The van der Waals surface area contributed by atoms with E-state index in [2.05, 4.69) is 0 Å². The molecule has 0 amide bonds. The normalized spacial score (nSPS) is 9.75. The summed E-state index contributed by atoms with van der Waals surface area (Å²) in [7, 11) is 0. The van der Waals surface area contributed by atoms with E-state index in [0.29, 0.717) is 6.42 Å². The molecule has 0 heterocycles. The molecule has 2 heteroatoms. The standard InChI is InChI=1S/C10H12OS/c1-12-8-7-10(11)9-5-3-2-4-6-9/h2-6H,7-8H2,1H3. The Bertz CT molecular complexity index is 243. The highest BCUT2D eigenvalue weighted by molar-refractivity contribution is 7.98. The Labute approximate surface area is 77.2 Å². The van der Waals surface area contributed by atoms with Crippen molar-refractivity contribution < 1.29 is 4.79 Å². The van der Waals surface area contributed by atoms with Gasteiger partial charge < -0.3 is 0 Å². The molecule has 0 atom stereocenters. The fourth-order valence-corrected chi connectivity index (χ4v) is 1.35. The number of thioether (sulfide) groups is 1. The van der Waals surface area contributed by atoms with Crippen molar-refractivity contribution in [1.82, 2.24) is 0 Å². The van der Waals surface area contributed by atoms with Gasteiger partial charge in [-0.3, -0.25) is 4.79 Å². The first kappa shape index (κ1) is 9.33. The lowest BCUT2D eigenvalue weighted by Crippen LogP contribution is -1.99. The lowest BCUT2D eigenvalue weighted by atomic mass is 10.1. The Morgan fingerprint density at radius 1 is 1.33 bits per heavy atom. The van der Waals surface area contributed by atoms with E-state index in [9.17, 15) is 4.79 Å². The molecule has 0 radical (unpaired) electrons. The molecule has 0 unspecified atom stereocenters. The second kappa shape index (κ2) is 4.99. The molecule has 0 aliphatic carbocycles. The van der Waals surface area contributed by atoms with E-state index in [1.54, 1.807) is 11.8 Å². The molecule has 0 aliphatic rings. The predicted molar refractivity (Wildman–Crippen MR) is 53.8 cm³/mol. The zero-order valence-electron chi connectivity index (χ0n) is 7.12. The predicted octanol–water partition coefficient (Wildman–Crippen LogP) is 2.62. The van der Waals surface area contributed by atoms with Crippen LogP contribution in [0.1, 0.15) is 16.8 Å². The van der Waals surface area contributed by atoms with Crippen LogP contribution in [0.4, 0.5) is 0 Å². The van der Waals surface area contributed by atoms with Gasteiger partial charge in [0.05, 0.1) is 0 Å². The Kier molecular flexibility index (Phi) is 3.88. The van der Waals surface area contributed by atoms with Crippen molar-refractivity contribution in [3.63, 3.8) is 0 Å². The van der Waals surface area contributed by atoms with Crippen molar-refractivity contribution in [3.05, 3.63) is 35.9 Å². The second-order valence-corrected chi connectivity index (χ2v) is 3.52. The number of carbonyl (C=O) groups excluding carboxylic acids is 1. The first-order chi connectivity index (χ1) is 5.84. The zero-order chi connectivity index (χ0) is 8.81. The minimum absolute atomic E-state index is 0.241. The third kappa shape index (κ3) is 2.70. The molecule has 0 N–H and O–H groups in total. The van der Waals surface area contributed by atoms with Gasteiger partial charge in [-0.25, -0.2) is 0 Å². The van der Waals surface area contributed by atoms with Gasteiger partial charge in [-0.1, -0.05) is 30.3 Å². The van der Waals surface area contributed by atoms with E-state index in [1.807, 2.05) is 36.6 Å². The number of rotatable bonds is 4. The highest BCUT2D eigenvalue weighted by atomic mass is 32.2. The van der Waals surface area contributed by atoms with Gasteiger partial charge in [-0.15, -0.1) is 0 Å². The van der Waals surface area contributed by atoms with Crippen molar-refractivity contribution in [1.29, 1.82) is 0 Å². The first-order valence-electron chi connectivity index (χ1n) is 3.92. The fourth-order valence-electron chi connectivity index (χ4n) is 0.963. The highest BCUT2D eigenvalue weighted by Gasteiger charge is 2.02. The molecule has 0 saturated carbocycles. The molecule has 0 spiro atoms. The zero-order valence-corrected chi connectivity index (χ0v) is 7.93. The maximum absolute atomic E-state index is 11.4. The minimum Gasteiger partial charge on any atom is -0.294 e. The largest absolute Gasteiger partial charge is 0.294 e. The average molecular weight is 180 g/mol. The summed E-state index contributed by atoms with van der Waals surface area (Å²) in [5.74, 6) is 1.15. The van der Waals surface area contributed by atoms with Crippen LogP contribution in [-0.2, 0) is 0 Å². The van der Waals surface area contributed by atoms with Crippen LogP contribution in [0.15, 0.2) is 30.3 Å². The summed E-state index contributed by atoms with van der Waals surface area (Å²) < 4.78 is 0. The first-order valence-corrected chi connectivity index (χ1v) is 5.31. The Hall–Kier alpha value is -0.760. The average Bonchev–Trinajstić information content (AvgIpc) is 2.15. The van der Waals surface area contributed by atoms with Crippen LogP contribution in [-0.4, -0.2) is 17.8 Å². The van der Waals surface area contributed by atoms with E-state index in [-0.39, 0.29) is 5.78 Å². The summed E-state index contributed by atoms with van der Waals surface area (Å²) in [6, 6.07) is 9.44. The van der Waals surface area contributed by atoms with Gasteiger partial charge in [0.2, 0.25) is 0 Å². The monoisotopic (exact) mass is 180 g/mol. The van der Waals surface area contributed by atoms with Gasteiger partial charge in [0, 0.05) is 17.7 Å². The third-order valence-corrected chi connectivity index (χ3v) is 2.24. The molecule has 0 fully saturated rings. The van der Waals surface area contributed by atoms with E-state index >= 15 is 0 Å². The lowest BCUT2D eigenvalue weighted by Gasteiger charge is -1.97. The molecule has 1 aromatic carbocycles. The molecule has 12 heavy (non-hydrogen) atoms. The van der Waals surface area contributed by atoms with E-state index in [4.69, 9.17) is 0 Å². The molecule has 0 aliphatic heterocycles. The van der Waals surface area contributed by atoms with Gasteiger partial charge in [0.25, 0.3) is 0 Å². The maximum atomic E-state index is 11.4. The smallest absolute Gasteiger partial charge is 0.163 e. The van der Waals surface area contributed by atoms with Crippen LogP contribution in [0.2, 0.25) is 0 Å². The summed E-state index contributed by atoms with van der Waals surface area (Å²) in [5.41, 5.74) is 0.826. The quantitative estimate of drug-likeness (QED) is 0.662. The van der Waals surface area contributed by atoms with Crippen LogP contribution in [0.25, 0.3) is 0 Å². The Morgan fingerprint density at radius 3 is 2.58 bits per heavy atom. The molecule has 0 bridgehead atoms. The van der Waals surface area contributed by atoms with Crippen LogP contribution in [0, 0.1) is 0 Å². The Morgan fingerprint density at radius 2 is 2.00 bits per heavy atom. The molecule has 1 aromatic rings. The molecule has 1 rings (SSSR count). The van der Waals surface area contributed by atoms with Gasteiger partial charge in [0.1, 0.15) is 0 Å². The third-order valence-electron chi connectivity index (χ3n) is 1.63. The SMILES string of the molecule is CSCCC(=O)c1ccccc1. The van der Waals surface area contributed by atoms with Crippen molar-refractivity contribution in [2.24, 2.45) is 0 Å². The highest BCUT2D eigenvalue weighted by Crippen LogP contribution is 2.05. The maximum Gasteiger partial charge on any atom is 0.163 e.